The fourth-order valence-corrected chi connectivity index (χ4v) is 3.62. The third-order valence-electron chi connectivity index (χ3n) is 4.29. The van der Waals surface area contributed by atoms with Gasteiger partial charge in [0.15, 0.2) is 5.65 Å². The van der Waals surface area contributed by atoms with Crippen LogP contribution in [0.3, 0.4) is 0 Å². The topological polar surface area (TPSA) is 72.7 Å². The second-order valence-electron chi connectivity index (χ2n) is 6.08. The van der Waals surface area contributed by atoms with Crippen molar-refractivity contribution in [3.05, 3.63) is 60.3 Å². The molecule has 0 radical (unpaired) electrons. The van der Waals surface area contributed by atoms with Crippen LogP contribution in [0.2, 0.25) is 0 Å². The highest BCUT2D eigenvalue weighted by atomic mass is 32.2. The van der Waals surface area contributed by atoms with Crippen molar-refractivity contribution in [2.75, 3.05) is 11.6 Å². The summed E-state index contributed by atoms with van der Waals surface area (Å²) in [5.74, 6) is -0.00636. The summed E-state index contributed by atoms with van der Waals surface area (Å²) in [5, 5.41) is 2.70. The van der Waals surface area contributed by atoms with Gasteiger partial charge in [-0.15, -0.1) is 11.8 Å². The quantitative estimate of drug-likeness (QED) is 0.312. The number of carbonyl (C=O) groups is 1. The highest BCUT2D eigenvalue weighted by Crippen LogP contribution is 2.32. The Balaban J connectivity index is 2.00. The zero-order valence-electron chi connectivity index (χ0n) is 15.2. The van der Waals surface area contributed by atoms with Gasteiger partial charge in [0.1, 0.15) is 11.3 Å². The molecule has 3 heterocycles. The smallest absolute Gasteiger partial charge is 0.213 e. The number of imidazole rings is 1. The van der Waals surface area contributed by atoms with Crippen molar-refractivity contribution < 1.29 is 9.18 Å². The van der Waals surface area contributed by atoms with E-state index in [1.165, 1.54) is 24.0 Å². The van der Waals surface area contributed by atoms with Gasteiger partial charge in [-0.3, -0.25) is 9.36 Å². The zero-order chi connectivity index (χ0) is 19.7. The molecular formula is C20H16FN5OS. The molecule has 0 aliphatic rings. The SMILES string of the molecule is CSc1cc(-n2c(-c3ccnc(F)c3)nc3ccc(C)nc32)ccc1NC=O. The third kappa shape index (κ3) is 3.22. The number of anilines is 1. The summed E-state index contributed by atoms with van der Waals surface area (Å²) in [4.78, 5) is 24.7. The second-order valence-corrected chi connectivity index (χ2v) is 6.93. The highest BCUT2D eigenvalue weighted by Gasteiger charge is 2.17. The molecule has 8 heteroatoms. The minimum Gasteiger partial charge on any atom is -0.328 e. The Labute approximate surface area is 164 Å². The number of hydrogen-bond donors (Lipinski definition) is 1. The van der Waals surface area contributed by atoms with Crippen molar-refractivity contribution in [3.63, 3.8) is 0 Å². The van der Waals surface area contributed by atoms with Gasteiger partial charge in [0, 0.05) is 28.4 Å². The predicted molar refractivity (Wildman–Crippen MR) is 108 cm³/mol. The van der Waals surface area contributed by atoms with E-state index in [0.717, 1.165) is 22.0 Å². The molecule has 4 rings (SSSR count). The fourth-order valence-electron chi connectivity index (χ4n) is 3.03. The number of amides is 1. The van der Waals surface area contributed by atoms with E-state index in [1.807, 2.05) is 48.1 Å². The lowest BCUT2D eigenvalue weighted by molar-refractivity contribution is -0.105. The molecule has 4 aromatic rings. The Morgan fingerprint density at radius 3 is 2.75 bits per heavy atom. The first-order chi connectivity index (χ1) is 13.6. The summed E-state index contributed by atoms with van der Waals surface area (Å²) >= 11 is 1.51. The number of nitrogens with one attached hydrogen (secondary N) is 1. The second kappa shape index (κ2) is 7.40. The molecule has 0 aliphatic carbocycles. The van der Waals surface area contributed by atoms with E-state index in [4.69, 9.17) is 0 Å². The van der Waals surface area contributed by atoms with Crippen molar-refractivity contribution in [1.29, 1.82) is 0 Å². The number of hydrogen-bond acceptors (Lipinski definition) is 5. The number of halogens is 1. The molecule has 28 heavy (non-hydrogen) atoms. The molecule has 0 saturated heterocycles. The maximum Gasteiger partial charge on any atom is 0.213 e. The minimum absolute atomic E-state index is 0.567. The maximum absolute atomic E-state index is 13.8. The predicted octanol–water partition coefficient (Wildman–Crippen LogP) is 4.22. The molecular weight excluding hydrogens is 377 g/mol. The number of fused-ring (bicyclic) bond motifs is 1. The van der Waals surface area contributed by atoms with Crippen LogP contribution >= 0.6 is 11.8 Å². The lowest BCUT2D eigenvalue weighted by Gasteiger charge is -2.13. The summed E-state index contributed by atoms with van der Waals surface area (Å²) in [6, 6.07) is 12.5. The van der Waals surface area contributed by atoms with Crippen LogP contribution in [-0.2, 0) is 4.79 Å². The summed E-state index contributed by atoms with van der Waals surface area (Å²) in [6.45, 7) is 1.91. The van der Waals surface area contributed by atoms with Gasteiger partial charge in [-0.1, -0.05) is 0 Å². The van der Waals surface area contributed by atoms with Gasteiger partial charge in [0.25, 0.3) is 0 Å². The number of thioether (sulfide) groups is 1. The Bertz CT molecular complexity index is 1190. The lowest BCUT2D eigenvalue weighted by atomic mass is 10.2. The standard InChI is InChI=1S/C20H16FN5OS/c1-12-3-5-16-20(24-12)26(19(25-16)13-7-8-22-18(21)9-13)14-4-6-15(23-11-27)17(10-14)28-2/h3-11H,1-2H3,(H,23,27). The molecule has 1 aromatic carbocycles. The first-order valence-corrected chi connectivity index (χ1v) is 9.70. The van der Waals surface area contributed by atoms with Crippen LogP contribution in [0.4, 0.5) is 10.1 Å². The largest absolute Gasteiger partial charge is 0.328 e. The van der Waals surface area contributed by atoms with Crippen LogP contribution in [0.25, 0.3) is 28.2 Å². The molecule has 140 valence electrons. The lowest BCUT2D eigenvalue weighted by Crippen LogP contribution is -2.02. The molecule has 0 unspecified atom stereocenters. The summed E-state index contributed by atoms with van der Waals surface area (Å²) in [7, 11) is 0. The monoisotopic (exact) mass is 393 g/mol. The van der Waals surface area contributed by atoms with Crippen molar-refractivity contribution in [2.24, 2.45) is 0 Å². The zero-order valence-corrected chi connectivity index (χ0v) is 16.0. The first kappa shape index (κ1) is 18.1. The minimum atomic E-state index is -0.574. The molecule has 0 spiro atoms. The molecule has 1 N–H and O–H groups in total. The fraction of sp³-hybridized carbons (Fsp3) is 0.100. The number of pyridine rings is 2. The number of aryl methyl sites for hydroxylation is 1. The maximum atomic E-state index is 13.8. The van der Waals surface area contributed by atoms with Gasteiger partial charge in [-0.05, 0) is 49.6 Å². The highest BCUT2D eigenvalue weighted by molar-refractivity contribution is 7.98. The summed E-state index contributed by atoms with van der Waals surface area (Å²) < 4.78 is 15.6. The number of aromatic nitrogens is 4. The van der Waals surface area contributed by atoms with Crippen molar-refractivity contribution in [1.82, 2.24) is 19.5 Å². The van der Waals surface area contributed by atoms with E-state index in [1.54, 1.807) is 6.07 Å². The van der Waals surface area contributed by atoms with E-state index < -0.39 is 5.95 Å². The molecule has 3 aromatic heterocycles. The molecule has 0 atom stereocenters. The van der Waals surface area contributed by atoms with Gasteiger partial charge >= 0.3 is 0 Å². The summed E-state index contributed by atoms with van der Waals surface area (Å²) in [5.41, 5.74) is 4.37. The molecule has 0 fully saturated rings. The molecule has 0 saturated carbocycles. The van der Waals surface area contributed by atoms with Crippen LogP contribution in [-0.4, -0.2) is 32.2 Å². The van der Waals surface area contributed by atoms with Gasteiger partial charge in [-0.25, -0.2) is 15.0 Å². The van der Waals surface area contributed by atoms with E-state index in [-0.39, 0.29) is 0 Å². The Hall–Kier alpha value is -3.26. The van der Waals surface area contributed by atoms with E-state index in [9.17, 15) is 9.18 Å². The first-order valence-electron chi connectivity index (χ1n) is 8.47. The Morgan fingerprint density at radius 2 is 2.00 bits per heavy atom. The average molecular weight is 393 g/mol. The van der Waals surface area contributed by atoms with Crippen LogP contribution < -0.4 is 5.32 Å². The number of rotatable bonds is 5. The summed E-state index contributed by atoms with van der Waals surface area (Å²) in [6.07, 6.45) is 4.00. The van der Waals surface area contributed by atoms with Gasteiger partial charge in [-0.2, -0.15) is 4.39 Å². The normalized spacial score (nSPS) is 11.0. The van der Waals surface area contributed by atoms with Crippen LogP contribution in [0.1, 0.15) is 5.69 Å². The number of nitrogens with zero attached hydrogens (tertiary/aromatic N) is 4. The van der Waals surface area contributed by atoms with Crippen LogP contribution in [0.5, 0.6) is 0 Å². The van der Waals surface area contributed by atoms with Gasteiger partial charge in [0.2, 0.25) is 12.4 Å². The molecule has 0 aliphatic heterocycles. The van der Waals surface area contributed by atoms with Crippen molar-refractivity contribution in [3.8, 4) is 17.1 Å². The van der Waals surface area contributed by atoms with Crippen LogP contribution in [0, 0.1) is 12.9 Å². The van der Waals surface area contributed by atoms with Crippen molar-refractivity contribution >= 4 is 35.0 Å². The van der Waals surface area contributed by atoms with Gasteiger partial charge in [0.05, 0.1) is 11.4 Å². The Morgan fingerprint density at radius 1 is 1.14 bits per heavy atom. The number of benzene rings is 1. The van der Waals surface area contributed by atoms with Crippen LogP contribution in [0.15, 0.2) is 53.6 Å². The van der Waals surface area contributed by atoms with E-state index in [0.29, 0.717) is 29.0 Å². The average Bonchev–Trinajstić information content (AvgIpc) is 3.07. The molecule has 6 nitrogen and oxygen atoms in total. The van der Waals surface area contributed by atoms with E-state index in [2.05, 4.69) is 20.3 Å². The number of carbonyl (C=O) groups excluding carboxylic acids is 1. The van der Waals surface area contributed by atoms with Gasteiger partial charge < -0.3 is 5.32 Å². The molecule has 0 bridgehead atoms. The molecule has 1 amide bonds. The Kier molecular flexibility index (Phi) is 4.79. The van der Waals surface area contributed by atoms with Crippen molar-refractivity contribution in [2.45, 2.75) is 11.8 Å². The third-order valence-corrected chi connectivity index (χ3v) is 5.06. The van der Waals surface area contributed by atoms with E-state index >= 15 is 0 Å².